The summed E-state index contributed by atoms with van der Waals surface area (Å²) in [5, 5.41) is 9.98. The number of nitrogens with zero attached hydrogens (tertiary/aromatic N) is 1. The SMILES string of the molecule is COC1C(O)[C@@H](CON)O[C@H]1n1ccc(=O)[nH]c1=O. The van der Waals surface area contributed by atoms with E-state index in [1.165, 1.54) is 19.4 Å². The quantitative estimate of drug-likeness (QED) is 0.526. The monoisotopic (exact) mass is 273 g/mol. The van der Waals surface area contributed by atoms with E-state index in [1.807, 2.05) is 0 Å². The summed E-state index contributed by atoms with van der Waals surface area (Å²) in [5.41, 5.74) is -1.17. The van der Waals surface area contributed by atoms with Crippen LogP contribution in [0.5, 0.6) is 0 Å². The molecule has 0 radical (unpaired) electrons. The molecule has 9 nitrogen and oxygen atoms in total. The van der Waals surface area contributed by atoms with E-state index >= 15 is 0 Å². The van der Waals surface area contributed by atoms with Gasteiger partial charge in [0.15, 0.2) is 6.23 Å². The molecule has 106 valence electrons. The molecule has 2 heterocycles. The van der Waals surface area contributed by atoms with Gasteiger partial charge in [-0.3, -0.25) is 14.3 Å². The minimum Gasteiger partial charge on any atom is -0.387 e. The second-order valence-corrected chi connectivity index (χ2v) is 4.11. The van der Waals surface area contributed by atoms with Crippen molar-refractivity contribution in [2.75, 3.05) is 13.7 Å². The van der Waals surface area contributed by atoms with Gasteiger partial charge in [-0.1, -0.05) is 0 Å². The molecule has 1 aliphatic rings. The fourth-order valence-electron chi connectivity index (χ4n) is 2.06. The number of H-pyrrole nitrogens is 1. The summed E-state index contributed by atoms with van der Waals surface area (Å²) >= 11 is 0. The molecule has 1 fully saturated rings. The lowest BCUT2D eigenvalue weighted by Crippen LogP contribution is -2.38. The van der Waals surface area contributed by atoms with E-state index in [1.54, 1.807) is 0 Å². The number of nitrogens with one attached hydrogen (secondary N) is 1. The highest BCUT2D eigenvalue weighted by atomic mass is 16.6. The van der Waals surface area contributed by atoms with Crippen molar-refractivity contribution in [3.05, 3.63) is 33.1 Å². The first-order chi connectivity index (χ1) is 9.08. The first-order valence-electron chi connectivity index (χ1n) is 5.58. The van der Waals surface area contributed by atoms with Gasteiger partial charge in [-0.25, -0.2) is 10.7 Å². The molecule has 1 saturated heterocycles. The fraction of sp³-hybridized carbons (Fsp3) is 0.600. The van der Waals surface area contributed by atoms with E-state index in [4.69, 9.17) is 15.4 Å². The van der Waals surface area contributed by atoms with E-state index in [0.29, 0.717) is 0 Å². The number of hydrogen-bond acceptors (Lipinski definition) is 7. The topological polar surface area (TPSA) is 129 Å². The molecule has 0 aliphatic carbocycles. The lowest BCUT2D eigenvalue weighted by atomic mass is 10.1. The average Bonchev–Trinajstić information content (AvgIpc) is 2.67. The second kappa shape index (κ2) is 5.63. The molecule has 4 N–H and O–H groups in total. The highest BCUT2D eigenvalue weighted by Crippen LogP contribution is 2.30. The summed E-state index contributed by atoms with van der Waals surface area (Å²) < 4.78 is 11.7. The summed E-state index contributed by atoms with van der Waals surface area (Å²) in [4.78, 5) is 29.2. The molecule has 1 aliphatic heterocycles. The van der Waals surface area contributed by atoms with E-state index < -0.39 is 35.8 Å². The van der Waals surface area contributed by atoms with Crippen molar-refractivity contribution in [1.82, 2.24) is 9.55 Å². The van der Waals surface area contributed by atoms with Crippen molar-refractivity contribution in [2.24, 2.45) is 5.90 Å². The average molecular weight is 273 g/mol. The van der Waals surface area contributed by atoms with E-state index in [9.17, 15) is 14.7 Å². The van der Waals surface area contributed by atoms with Crippen molar-refractivity contribution < 1.29 is 19.4 Å². The highest BCUT2D eigenvalue weighted by molar-refractivity contribution is 4.93. The number of ether oxygens (including phenoxy) is 2. The largest absolute Gasteiger partial charge is 0.387 e. The third-order valence-electron chi connectivity index (χ3n) is 2.97. The van der Waals surface area contributed by atoms with Crippen LogP contribution in [0.2, 0.25) is 0 Å². The molecule has 0 saturated carbocycles. The molecule has 1 aromatic heterocycles. The Bertz CT molecular complexity index is 541. The van der Waals surface area contributed by atoms with Crippen LogP contribution in [-0.4, -0.2) is 46.7 Å². The van der Waals surface area contributed by atoms with Crippen LogP contribution in [0, 0.1) is 0 Å². The normalized spacial score (nSPS) is 30.7. The molecule has 2 unspecified atom stereocenters. The standard InChI is InChI=1S/C10H15N3O6/c1-17-8-7(15)5(4-18-11)19-9(8)13-3-2-6(14)12-10(13)16/h2-3,5,7-9,15H,4,11H2,1H3,(H,12,14,16)/t5-,7?,8?,9-/m1/s1. The Morgan fingerprint density at radius 3 is 2.89 bits per heavy atom. The zero-order valence-corrected chi connectivity index (χ0v) is 10.2. The van der Waals surface area contributed by atoms with Crippen LogP contribution >= 0.6 is 0 Å². The summed E-state index contributed by atoms with van der Waals surface area (Å²) in [7, 11) is 1.38. The number of nitrogens with two attached hydrogens (primary N) is 1. The zero-order valence-electron chi connectivity index (χ0n) is 10.2. The van der Waals surface area contributed by atoms with Gasteiger partial charge in [0.1, 0.15) is 18.3 Å². The summed E-state index contributed by atoms with van der Waals surface area (Å²) in [6.45, 7) is -0.0460. The van der Waals surface area contributed by atoms with Gasteiger partial charge < -0.3 is 19.4 Å². The third kappa shape index (κ3) is 2.60. The number of hydrogen-bond donors (Lipinski definition) is 3. The lowest BCUT2D eigenvalue weighted by molar-refractivity contribution is -0.0726. The fourth-order valence-corrected chi connectivity index (χ4v) is 2.06. The molecule has 2 rings (SSSR count). The van der Waals surface area contributed by atoms with Crippen LogP contribution < -0.4 is 17.1 Å². The smallest absolute Gasteiger partial charge is 0.330 e. The number of aliphatic hydroxyl groups excluding tert-OH is 1. The van der Waals surface area contributed by atoms with E-state index in [2.05, 4.69) is 9.82 Å². The number of rotatable bonds is 4. The minimum absolute atomic E-state index is 0.0460. The Morgan fingerprint density at radius 1 is 1.58 bits per heavy atom. The molecule has 4 atom stereocenters. The molecule has 1 aromatic rings. The molecule has 19 heavy (non-hydrogen) atoms. The van der Waals surface area contributed by atoms with E-state index in [0.717, 1.165) is 4.57 Å². The Labute approximate surface area is 107 Å². The van der Waals surface area contributed by atoms with Crippen molar-refractivity contribution in [2.45, 2.75) is 24.5 Å². The summed E-state index contributed by atoms with van der Waals surface area (Å²) in [6.07, 6.45) is -2.10. The number of aromatic nitrogens is 2. The predicted molar refractivity (Wildman–Crippen MR) is 62.2 cm³/mol. The Kier molecular flexibility index (Phi) is 4.12. The third-order valence-corrected chi connectivity index (χ3v) is 2.97. The predicted octanol–water partition coefficient (Wildman–Crippen LogP) is -2.30. The Balaban J connectivity index is 2.32. The van der Waals surface area contributed by atoms with Crippen LogP contribution in [0.15, 0.2) is 21.9 Å². The first kappa shape index (κ1) is 13.9. The van der Waals surface area contributed by atoms with Crippen LogP contribution in [-0.2, 0) is 14.3 Å². The molecular formula is C10H15N3O6. The van der Waals surface area contributed by atoms with Crippen LogP contribution in [0.4, 0.5) is 0 Å². The number of aromatic amines is 1. The Hall–Kier alpha value is -1.52. The summed E-state index contributed by atoms with van der Waals surface area (Å²) in [6, 6.07) is 1.18. The van der Waals surface area contributed by atoms with Gasteiger partial charge in [0.05, 0.1) is 6.61 Å². The van der Waals surface area contributed by atoms with Gasteiger partial charge in [-0.05, 0) is 0 Å². The minimum atomic E-state index is -1.00. The van der Waals surface area contributed by atoms with Gasteiger partial charge in [0, 0.05) is 19.4 Å². The van der Waals surface area contributed by atoms with Gasteiger partial charge in [0.25, 0.3) is 5.56 Å². The van der Waals surface area contributed by atoms with Gasteiger partial charge in [-0.15, -0.1) is 0 Å². The van der Waals surface area contributed by atoms with Crippen molar-refractivity contribution >= 4 is 0 Å². The molecule has 0 bridgehead atoms. The van der Waals surface area contributed by atoms with Crippen molar-refractivity contribution in [1.29, 1.82) is 0 Å². The van der Waals surface area contributed by atoms with Crippen molar-refractivity contribution in [3.8, 4) is 0 Å². The lowest BCUT2D eigenvalue weighted by Gasteiger charge is -2.19. The first-order valence-corrected chi connectivity index (χ1v) is 5.58. The van der Waals surface area contributed by atoms with Gasteiger partial charge in [0.2, 0.25) is 0 Å². The summed E-state index contributed by atoms with van der Waals surface area (Å²) in [5.74, 6) is 4.94. The van der Waals surface area contributed by atoms with Gasteiger partial charge >= 0.3 is 5.69 Å². The van der Waals surface area contributed by atoms with Crippen LogP contribution in [0.1, 0.15) is 6.23 Å². The maximum atomic E-state index is 11.7. The maximum Gasteiger partial charge on any atom is 0.330 e. The van der Waals surface area contributed by atoms with Crippen LogP contribution in [0.25, 0.3) is 0 Å². The zero-order chi connectivity index (χ0) is 14.0. The van der Waals surface area contributed by atoms with Crippen molar-refractivity contribution in [3.63, 3.8) is 0 Å². The maximum absolute atomic E-state index is 11.7. The van der Waals surface area contributed by atoms with Gasteiger partial charge in [-0.2, -0.15) is 0 Å². The molecular weight excluding hydrogens is 258 g/mol. The number of aliphatic hydroxyl groups is 1. The highest BCUT2D eigenvalue weighted by Gasteiger charge is 2.45. The van der Waals surface area contributed by atoms with E-state index in [-0.39, 0.29) is 6.61 Å². The molecule has 0 amide bonds. The molecule has 9 heteroatoms. The number of methoxy groups -OCH3 is 1. The van der Waals surface area contributed by atoms with Crippen LogP contribution in [0.3, 0.4) is 0 Å². The molecule has 0 spiro atoms. The molecule has 0 aromatic carbocycles. The Morgan fingerprint density at radius 2 is 2.32 bits per heavy atom. The second-order valence-electron chi connectivity index (χ2n) is 4.11.